The van der Waals surface area contributed by atoms with E-state index in [1.54, 1.807) is 0 Å². The van der Waals surface area contributed by atoms with Crippen LogP contribution in [0.2, 0.25) is 0 Å². The van der Waals surface area contributed by atoms with Gasteiger partial charge in [0, 0.05) is 6.04 Å². The van der Waals surface area contributed by atoms with Crippen molar-refractivity contribution in [1.82, 2.24) is 10.6 Å². The van der Waals surface area contributed by atoms with Crippen LogP contribution in [-0.2, 0) is 0 Å². The topological polar surface area (TPSA) is 24.1 Å². The summed E-state index contributed by atoms with van der Waals surface area (Å²) in [6.45, 7) is 3.47. The summed E-state index contributed by atoms with van der Waals surface area (Å²) in [4.78, 5) is 0. The molecule has 1 fully saturated rings. The summed E-state index contributed by atoms with van der Waals surface area (Å²) in [7, 11) is 3.75. The van der Waals surface area contributed by atoms with Crippen LogP contribution < -0.4 is 10.6 Å². The summed E-state index contributed by atoms with van der Waals surface area (Å²) >= 11 is 0. The molecule has 0 saturated carbocycles. The molecular weight excluding hydrogens is 183 g/mol. The van der Waals surface area contributed by atoms with Gasteiger partial charge in [-0.25, -0.2) is 0 Å². The van der Waals surface area contributed by atoms with Gasteiger partial charge in [0.05, 0.1) is 0 Å². The summed E-state index contributed by atoms with van der Waals surface area (Å²) in [6.07, 6.45) is 2.75. The molecule has 0 radical (unpaired) electrons. The van der Waals surface area contributed by atoms with Crippen LogP contribution in [0.4, 0.5) is 0 Å². The standard InChI is InChI=1S/C5H11N.C2H7N.2ClH/c1-5-3-2-4-6-5;1-3-2;;/h5-6H,2-4H2,1H3;3H,1-2H3;2*1H. The Morgan fingerprint density at radius 3 is 1.82 bits per heavy atom. The molecule has 0 aromatic heterocycles. The van der Waals surface area contributed by atoms with Gasteiger partial charge in [0.1, 0.15) is 0 Å². The van der Waals surface area contributed by atoms with E-state index in [4.69, 9.17) is 0 Å². The zero-order valence-electron chi connectivity index (χ0n) is 7.52. The van der Waals surface area contributed by atoms with Gasteiger partial charge in [-0.05, 0) is 40.4 Å². The Labute approximate surface area is 82.3 Å². The van der Waals surface area contributed by atoms with E-state index in [-0.39, 0.29) is 24.8 Å². The molecular formula is C7H20Cl2N2. The molecule has 72 valence electrons. The first-order valence-corrected chi connectivity index (χ1v) is 3.63. The molecule has 0 spiro atoms. The van der Waals surface area contributed by atoms with E-state index in [1.807, 2.05) is 14.1 Å². The highest BCUT2D eigenvalue weighted by molar-refractivity contribution is 5.85. The van der Waals surface area contributed by atoms with Gasteiger partial charge in [-0.3, -0.25) is 0 Å². The molecule has 2 N–H and O–H groups in total. The van der Waals surface area contributed by atoms with E-state index in [0.29, 0.717) is 0 Å². The van der Waals surface area contributed by atoms with E-state index in [1.165, 1.54) is 19.4 Å². The van der Waals surface area contributed by atoms with Crippen molar-refractivity contribution in [3.63, 3.8) is 0 Å². The molecule has 1 atom stereocenters. The van der Waals surface area contributed by atoms with E-state index in [0.717, 1.165) is 6.04 Å². The Balaban J connectivity index is -0.000000116. The van der Waals surface area contributed by atoms with Crippen molar-refractivity contribution < 1.29 is 0 Å². The molecule has 1 heterocycles. The summed E-state index contributed by atoms with van der Waals surface area (Å²) in [5.74, 6) is 0. The van der Waals surface area contributed by atoms with Gasteiger partial charge in [-0.15, -0.1) is 24.8 Å². The lowest BCUT2D eigenvalue weighted by molar-refractivity contribution is 0.664. The maximum Gasteiger partial charge on any atom is 0.00391 e. The SMILES string of the molecule is CC1CCCN1.CNC.Cl.Cl. The van der Waals surface area contributed by atoms with Crippen LogP contribution in [0, 0.1) is 0 Å². The summed E-state index contributed by atoms with van der Waals surface area (Å²) in [5.41, 5.74) is 0. The fourth-order valence-electron chi connectivity index (χ4n) is 0.859. The van der Waals surface area contributed by atoms with Crippen molar-refractivity contribution in [3.05, 3.63) is 0 Å². The molecule has 0 amide bonds. The van der Waals surface area contributed by atoms with E-state index < -0.39 is 0 Å². The molecule has 0 aliphatic carbocycles. The van der Waals surface area contributed by atoms with E-state index >= 15 is 0 Å². The molecule has 4 heteroatoms. The second-order valence-electron chi connectivity index (χ2n) is 2.50. The first kappa shape index (κ1) is 17.5. The van der Waals surface area contributed by atoms with Crippen molar-refractivity contribution in [2.45, 2.75) is 25.8 Å². The summed E-state index contributed by atoms with van der Waals surface area (Å²) in [5, 5.41) is 6.07. The van der Waals surface area contributed by atoms with Gasteiger partial charge >= 0.3 is 0 Å². The fraction of sp³-hybridized carbons (Fsp3) is 1.00. The van der Waals surface area contributed by atoms with E-state index in [9.17, 15) is 0 Å². The molecule has 2 nitrogen and oxygen atoms in total. The molecule has 1 saturated heterocycles. The maximum absolute atomic E-state index is 3.32. The van der Waals surface area contributed by atoms with Crippen LogP contribution in [0.1, 0.15) is 19.8 Å². The Morgan fingerprint density at radius 2 is 1.73 bits per heavy atom. The molecule has 0 bridgehead atoms. The third-order valence-corrected chi connectivity index (χ3v) is 1.31. The van der Waals surface area contributed by atoms with Gasteiger partial charge in [0.25, 0.3) is 0 Å². The third kappa shape index (κ3) is 13.5. The summed E-state index contributed by atoms with van der Waals surface area (Å²) < 4.78 is 0. The molecule has 1 aliphatic heterocycles. The highest BCUT2D eigenvalue weighted by atomic mass is 35.5. The van der Waals surface area contributed by atoms with Gasteiger partial charge in [0.15, 0.2) is 0 Å². The minimum atomic E-state index is 0. The minimum absolute atomic E-state index is 0. The van der Waals surface area contributed by atoms with Crippen molar-refractivity contribution in [2.24, 2.45) is 0 Å². The number of halogens is 2. The van der Waals surface area contributed by atoms with Crippen molar-refractivity contribution >= 4 is 24.8 Å². The quantitative estimate of drug-likeness (QED) is 0.622. The second-order valence-corrected chi connectivity index (χ2v) is 2.50. The molecule has 1 unspecified atom stereocenters. The third-order valence-electron chi connectivity index (χ3n) is 1.31. The average molecular weight is 203 g/mol. The van der Waals surface area contributed by atoms with Gasteiger partial charge in [-0.1, -0.05) is 0 Å². The molecule has 1 rings (SSSR count). The lowest BCUT2D eigenvalue weighted by atomic mass is 10.3. The van der Waals surface area contributed by atoms with Crippen molar-refractivity contribution in [1.29, 1.82) is 0 Å². The minimum Gasteiger partial charge on any atom is -0.323 e. The Kier molecular flexibility index (Phi) is 20.9. The predicted molar refractivity (Wildman–Crippen MR) is 56.2 cm³/mol. The highest BCUT2D eigenvalue weighted by Crippen LogP contribution is 2.01. The van der Waals surface area contributed by atoms with Crippen LogP contribution in [0.3, 0.4) is 0 Å². The zero-order chi connectivity index (χ0) is 7.11. The molecule has 11 heavy (non-hydrogen) atoms. The van der Waals surface area contributed by atoms with Crippen molar-refractivity contribution in [2.75, 3.05) is 20.6 Å². The second kappa shape index (κ2) is 13.1. The number of rotatable bonds is 0. The molecule has 0 aromatic rings. The first-order chi connectivity index (χ1) is 4.31. The highest BCUT2D eigenvalue weighted by Gasteiger charge is 2.05. The maximum atomic E-state index is 3.32. The number of hydrogen-bond donors (Lipinski definition) is 2. The van der Waals surface area contributed by atoms with Crippen molar-refractivity contribution in [3.8, 4) is 0 Å². The molecule has 0 aromatic carbocycles. The van der Waals surface area contributed by atoms with Crippen LogP contribution in [-0.4, -0.2) is 26.7 Å². The normalized spacial score (nSPS) is 20.5. The zero-order valence-corrected chi connectivity index (χ0v) is 9.15. The Hall–Kier alpha value is 0.500. The number of nitrogens with one attached hydrogen (secondary N) is 2. The van der Waals surface area contributed by atoms with Crippen LogP contribution in [0.5, 0.6) is 0 Å². The Morgan fingerprint density at radius 1 is 1.27 bits per heavy atom. The van der Waals surface area contributed by atoms with Gasteiger partial charge < -0.3 is 10.6 Å². The lowest BCUT2D eigenvalue weighted by Crippen LogP contribution is -2.16. The van der Waals surface area contributed by atoms with Crippen LogP contribution >= 0.6 is 24.8 Å². The fourth-order valence-corrected chi connectivity index (χ4v) is 0.859. The lowest BCUT2D eigenvalue weighted by Gasteiger charge is -1.95. The van der Waals surface area contributed by atoms with Crippen LogP contribution in [0.15, 0.2) is 0 Å². The first-order valence-electron chi connectivity index (χ1n) is 3.63. The van der Waals surface area contributed by atoms with E-state index in [2.05, 4.69) is 17.6 Å². The van der Waals surface area contributed by atoms with Gasteiger partial charge in [0.2, 0.25) is 0 Å². The van der Waals surface area contributed by atoms with Gasteiger partial charge in [-0.2, -0.15) is 0 Å². The molecule has 1 aliphatic rings. The monoisotopic (exact) mass is 202 g/mol. The Bertz CT molecular complexity index is 56.4. The average Bonchev–Trinajstić information content (AvgIpc) is 2.20. The van der Waals surface area contributed by atoms with Crippen LogP contribution in [0.25, 0.3) is 0 Å². The number of hydrogen-bond acceptors (Lipinski definition) is 2. The summed E-state index contributed by atoms with van der Waals surface area (Å²) in [6, 6.07) is 0.796. The smallest absolute Gasteiger partial charge is 0.00391 e. The largest absolute Gasteiger partial charge is 0.323 e. The predicted octanol–water partition coefficient (Wildman–Crippen LogP) is 1.44.